The fraction of sp³-hybridized carbons (Fsp3) is 0.176. The Morgan fingerprint density at radius 1 is 1.35 bits per heavy atom. The van der Waals surface area contributed by atoms with Gasteiger partial charge in [0.2, 0.25) is 0 Å². The smallest absolute Gasteiger partial charge is 0.324 e. The number of rotatable bonds is 5. The third-order valence-electron chi connectivity index (χ3n) is 3.47. The zero-order chi connectivity index (χ0) is 18.7. The van der Waals surface area contributed by atoms with Gasteiger partial charge in [0.05, 0.1) is 16.2 Å². The maximum Gasteiger partial charge on any atom is 0.324 e. The number of aryl methyl sites for hydroxylation is 1. The van der Waals surface area contributed by atoms with Crippen molar-refractivity contribution in [2.75, 3.05) is 6.61 Å². The lowest BCUT2D eigenvalue weighted by Gasteiger charge is -2.05. The van der Waals surface area contributed by atoms with Gasteiger partial charge in [-0.3, -0.25) is 14.9 Å². The number of nitrogens with zero attached hydrogens (tertiary/aromatic N) is 3. The SMILES string of the molecule is CCOc1cccc2sc(=NC(=O)/C=C/c3ccc([N+](=O)[O-])s3)n(C)c12. The Hall–Kier alpha value is -2.78. The number of amides is 1. The van der Waals surface area contributed by atoms with Crippen LogP contribution < -0.4 is 9.54 Å². The summed E-state index contributed by atoms with van der Waals surface area (Å²) in [5, 5.41) is 10.7. The van der Waals surface area contributed by atoms with E-state index >= 15 is 0 Å². The van der Waals surface area contributed by atoms with E-state index in [1.807, 2.05) is 36.7 Å². The average Bonchev–Trinajstić information content (AvgIpc) is 3.20. The predicted octanol–water partition coefficient (Wildman–Crippen LogP) is 3.75. The van der Waals surface area contributed by atoms with Gasteiger partial charge in [-0.05, 0) is 31.2 Å². The Balaban J connectivity index is 1.90. The van der Waals surface area contributed by atoms with Crippen molar-refractivity contribution in [3.05, 3.63) is 56.2 Å². The Labute approximate surface area is 156 Å². The first kappa shape index (κ1) is 18.0. The van der Waals surface area contributed by atoms with E-state index in [-0.39, 0.29) is 5.00 Å². The van der Waals surface area contributed by atoms with Gasteiger partial charge in [0, 0.05) is 24.1 Å². The number of benzene rings is 1. The summed E-state index contributed by atoms with van der Waals surface area (Å²) in [6.07, 6.45) is 2.84. The van der Waals surface area contributed by atoms with E-state index in [4.69, 9.17) is 4.74 Å². The molecule has 9 heteroatoms. The van der Waals surface area contributed by atoms with Crippen molar-refractivity contribution < 1.29 is 14.5 Å². The number of para-hydroxylation sites is 1. The number of fused-ring (bicyclic) bond motifs is 1. The summed E-state index contributed by atoms with van der Waals surface area (Å²) in [4.78, 5) is 27.7. The number of hydrogen-bond donors (Lipinski definition) is 0. The third kappa shape index (κ3) is 3.73. The van der Waals surface area contributed by atoms with Gasteiger partial charge in [-0.1, -0.05) is 28.7 Å². The molecule has 3 rings (SSSR count). The molecule has 0 saturated heterocycles. The van der Waals surface area contributed by atoms with Gasteiger partial charge in [-0.2, -0.15) is 4.99 Å². The average molecular weight is 389 g/mol. The van der Waals surface area contributed by atoms with Crippen LogP contribution in [0.3, 0.4) is 0 Å². The summed E-state index contributed by atoms with van der Waals surface area (Å²) in [5.41, 5.74) is 0.892. The van der Waals surface area contributed by atoms with Gasteiger partial charge in [0.15, 0.2) is 4.80 Å². The summed E-state index contributed by atoms with van der Waals surface area (Å²) in [6, 6.07) is 8.74. The number of ether oxygens (including phenoxy) is 1. The Morgan fingerprint density at radius 3 is 2.85 bits per heavy atom. The quantitative estimate of drug-likeness (QED) is 0.378. The highest BCUT2D eigenvalue weighted by atomic mass is 32.1. The highest BCUT2D eigenvalue weighted by Gasteiger charge is 2.10. The van der Waals surface area contributed by atoms with Crippen molar-refractivity contribution in [2.24, 2.45) is 12.0 Å². The van der Waals surface area contributed by atoms with Crippen LogP contribution in [-0.4, -0.2) is 22.0 Å². The highest BCUT2D eigenvalue weighted by molar-refractivity contribution is 7.16. The van der Waals surface area contributed by atoms with Gasteiger partial charge in [-0.15, -0.1) is 0 Å². The molecule has 0 aliphatic carbocycles. The topological polar surface area (TPSA) is 86.7 Å². The summed E-state index contributed by atoms with van der Waals surface area (Å²) in [5.74, 6) is 0.320. The van der Waals surface area contributed by atoms with Crippen LogP contribution in [0.1, 0.15) is 11.8 Å². The zero-order valence-electron chi connectivity index (χ0n) is 14.0. The monoisotopic (exact) mass is 389 g/mol. The van der Waals surface area contributed by atoms with Gasteiger partial charge in [0.25, 0.3) is 5.91 Å². The molecule has 0 fully saturated rings. The lowest BCUT2D eigenvalue weighted by molar-refractivity contribution is -0.380. The van der Waals surface area contributed by atoms with Crippen LogP contribution in [0.25, 0.3) is 16.3 Å². The Bertz CT molecular complexity index is 1080. The minimum Gasteiger partial charge on any atom is -0.492 e. The van der Waals surface area contributed by atoms with Crippen LogP contribution in [0.4, 0.5) is 5.00 Å². The molecule has 3 aromatic rings. The first-order valence-electron chi connectivity index (χ1n) is 7.72. The van der Waals surface area contributed by atoms with Crippen LogP contribution in [0.15, 0.2) is 41.4 Å². The molecule has 2 heterocycles. The minimum absolute atomic E-state index is 0.0356. The second-order valence-electron chi connectivity index (χ2n) is 5.20. The molecule has 26 heavy (non-hydrogen) atoms. The van der Waals surface area contributed by atoms with Crippen molar-refractivity contribution in [1.82, 2.24) is 4.57 Å². The zero-order valence-corrected chi connectivity index (χ0v) is 15.7. The van der Waals surface area contributed by atoms with Crippen molar-refractivity contribution in [1.29, 1.82) is 0 Å². The molecule has 0 atom stereocenters. The van der Waals surface area contributed by atoms with Gasteiger partial charge >= 0.3 is 5.00 Å². The van der Waals surface area contributed by atoms with E-state index in [0.717, 1.165) is 27.3 Å². The van der Waals surface area contributed by atoms with Crippen molar-refractivity contribution in [3.63, 3.8) is 0 Å². The van der Waals surface area contributed by atoms with Crippen molar-refractivity contribution >= 4 is 49.9 Å². The molecule has 0 bridgehead atoms. The number of thiazole rings is 1. The number of nitro groups is 1. The molecule has 2 aromatic heterocycles. The van der Waals surface area contributed by atoms with E-state index in [1.165, 1.54) is 29.6 Å². The molecule has 0 unspecified atom stereocenters. The molecule has 1 aromatic carbocycles. The Morgan fingerprint density at radius 2 is 2.15 bits per heavy atom. The minimum atomic E-state index is -0.457. The number of thiophene rings is 1. The second-order valence-corrected chi connectivity index (χ2v) is 7.30. The molecule has 1 amide bonds. The first-order chi connectivity index (χ1) is 12.5. The van der Waals surface area contributed by atoms with Crippen LogP contribution >= 0.6 is 22.7 Å². The summed E-state index contributed by atoms with van der Waals surface area (Å²) in [6.45, 7) is 2.47. The van der Waals surface area contributed by atoms with Crippen molar-refractivity contribution in [3.8, 4) is 5.75 Å². The fourth-order valence-corrected chi connectivity index (χ4v) is 4.13. The second kappa shape index (κ2) is 7.63. The number of aromatic nitrogens is 1. The van der Waals surface area contributed by atoms with Crippen LogP contribution in [-0.2, 0) is 11.8 Å². The summed E-state index contributed by atoms with van der Waals surface area (Å²) >= 11 is 2.40. The molecular weight excluding hydrogens is 374 g/mol. The van der Waals surface area contributed by atoms with E-state index in [1.54, 1.807) is 6.07 Å². The number of hydrogen-bond acceptors (Lipinski definition) is 6. The predicted molar refractivity (Wildman–Crippen MR) is 103 cm³/mol. The highest BCUT2D eigenvalue weighted by Crippen LogP contribution is 2.27. The van der Waals surface area contributed by atoms with Crippen molar-refractivity contribution in [2.45, 2.75) is 6.92 Å². The molecule has 0 radical (unpaired) electrons. The molecule has 0 aliphatic rings. The molecular formula is C17H15N3O4S2. The molecule has 7 nitrogen and oxygen atoms in total. The van der Waals surface area contributed by atoms with E-state index in [0.29, 0.717) is 16.3 Å². The summed E-state index contributed by atoms with van der Waals surface area (Å²) in [7, 11) is 1.83. The molecule has 0 spiro atoms. The maximum absolute atomic E-state index is 12.1. The number of carbonyl (C=O) groups is 1. The standard InChI is InChI=1S/C17H15N3O4S2/c1-3-24-12-5-4-6-13-16(12)19(2)17(26-13)18-14(21)9-7-11-8-10-15(25-11)20(22)23/h4-10H,3H2,1-2H3/b9-7+,18-17?. The molecule has 0 aliphatic heterocycles. The molecule has 0 N–H and O–H groups in total. The lowest BCUT2D eigenvalue weighted by atomic mass is 10.3. The van der Waals surface area contributed by atoms with Gasteiger partial charge in [0.1, 0.15) is 11.3 Å². The largest absolute Gasteiger partial charge is 0.492 e. The number of carbonyl (C=O) groups excluding carboxylic acids is 1. The lowest BCUT2D eigenvalue weighted by Crippen LogP contribution is -2.12. The maximum atomic E-state index is 12.1. The van der Waals surface area contributed by atoms with E-state index < -0.39 is 10.8 Å². The normalized spacial score (nSPS) is 12.2. The van der Waals surface area contributed by atoms with Gasteiger partial charge < -0.3 is 9.30 Å². The summed E-state index contributed by atoms with van der Waals surface area (Å²) < 4.78 is 8.44. The van der Waals surface area contributed by atoms with Gasteiger partial charge in [-0.25, -0.2) is 0 Å². The van der Waals surface area contributed by atoms with E-state index in [2.05, 4.69) is 4.99 Å². The van der Waals surface area contributed by atoms with E-state index in [9.17, 15) is 14.9 Å². The van der Waals surface area contributed by atoms with Crippen LogP contribution in [0.5, 0.6) is 5.75 Å². The molecule has 0 saturated carbocycles. The Kier molecular flexibility index (Phi) is 5.29. The third-order valence-corrected chi connectivity index (χ3v) is 5.57. The molecule has 134 valence electrons. The fourth-order valence-electron chi connectivity index (χ4n) is 2.36. The van der Waals surface area contributed by atoms with Crippen LogP contribution in [0.2, 0.25) is 0 Å². The first-order valence-corrected chi connectivity index (χ1v) is 9.35. The van der Waals surface area contributed by atoms with Crippen LogP contribution in [0, 0.1) is 10.1 Å².